The normalized spacial score (nSPS) is 16.4. The summed E-state index contributed by atoms with van der Waals surface area (Å²) in [5.41, 5.74) is 3.41. The molecule has 1 amide bonds. The van der Waals surface area contributed by atoms with Crippen LogP contribution in [0.15, 0.2) is 54.9 Å². The van der Waals surface area contributed by atoms with Gasteiger partial charge in [-0.2, -0.15) is 0 Å². The maximum absolute atomic E-state index is 13.4. The lowest BCUT2D eigenvalue weighted by atomic mass is 10.0. The molecule has 1 aliphatic rings. The van der Waals surface area contributed by atoms with Crippen LogP contribution in [0.2, 0.25) is 0 Å². The molecule has 0 N–H and O–H groups in total. The van der Waals surface area contributed by atoms with E-state index in [1.54, 1.807) is 6.20 Å². The Bertz CT molecular complexity index is 932. The third-order valence-corrected chi connectivity index (χ3v) is 5.00. The third kappa shape index (κ3) is 2.79. The maximum atomic E-state index is 13.4. The number of nitrogens with zero attached hydrogens (tertiary/aromatic N) is 4. The van der Waals surface area contributed by atoms with Crippen molar-refractivity contribution in [1.29, 1.82) is 0 Å². The van der Waals surface area contributed by atoms with Crippen LogP contribution in [0.1, 0.15) is 41.3 Å². The summed E-state index contributed by atoms with van der Waals surface area (Å²) in [6, 6.07) is 14.1. The molecule has 0 saturated heterocycles. The first-order valence-electron chi connectivity index (χ1n) is 9.04. The van der Waals surface area contributed by atoms with Crippen molar-refractivity contribution in [3.05, 3.63) is 71.9 Å². The first-order chi connectivity index (χ1) is 12.7. The molecule has 26 heavy (non-hydrogen) atoms. The largest absolute Gasteiger partial charge is 0.348 e. The minimum atomic E-state index is 0.00292. The van der Waals surface area contributed by atoms with Gasteiger partial charge in [0.2, 0.25) is 0 Å². The Balaban J connectivity index is 1.75. The molecular formula is C21H22N4O. The second-order valence-electron chi connectivity index (χ2n) is 6.59. The zero-order valence-electron chi connectivity index (χ0n) is 15.1. The van der Waals surface area contributed by atoms with E-state index >= 15 is 0 Å². The molecule has 2 aromatic heterocycles. The number of aromatic nitrogens is 3. The van der Waals surface area contributed by atoms with Crippen LogP contribution >= 0.6 is 0 Å². The number of fused-ring (bicyclic) bond motifs is 1. The van der Waals surface area contributed by atoms with Gasteiger partial charge in [-0.1, -0.05) is 37.3 Å². The van der Waals surface area contributed by atoms with E-state index in [2.05, 4.69) is 39.8 Å². The topological polar surface area (TPSA) is 51.0 Å². The lowest BCUT2D eigenvalue weighted by molar-refractivity contribution is 0.0618. The van der Waals surface area contributed by atoms with E-state index in [0.29, 0.717) is 23.6 Å². The molecule has 0 unspecified atom stereocenters. The van der Waals surface area contributed by atoms with Crippen LogP contribution in [-0.4, -0.2) is 31.9 Å². The Hall–Kier alpha value is -2.95. The van der Waals surface area contributed by atoms with Gasteiger partial charge in [0, 0.05) is 36.7 Å². The highest BCUT2D eigenvalue weighted by Crippen LogP contribution is 2.31. The fraction of sp³-hybridized carbons (Fsp3) is 0.286. The van der Waals surface area contributed by atoms with Crippen LogP contribution in [0, 0.1) is 6.92 Å². The quantitative estimate of drug-likeness (QED) is 0.723. The number of hydrogen-bond donors (Lipinski definition) is 0. The summed E-state index contributed by atoms with van der Waals surface area (Å²) in [7, 11) is 0. The smallest absolute Gasteiger partial charge is 0.258 e. The molecule has 1 aliphatic heterocycles. The summed E-state index contributed by atoms with van der Waals surface area (Å²) in [4.78, 5) is 24.3. The van der Waals surface area contributed by atoms with Crippen LogP contribution in [0.4, 0.5) is 0 Å². The van der Waals surface area contributed by atoms with Gasteiger partial charge in [-0.3, -0.25) is 4.79 Å². The van der Waals surface area contributed by atoms with Crippen molar-refractivity contribution in [3.8, 4) is 11.3 Å². The Morgan fingerprint density at radius 2 is 1.96 bits per heavy atom. The number of carbonyl (C=O) groups excluding carboxylic acids is 1. The minimum absolute atomic E-state index is 0.00292. The molecule has 0 spiro atoms. The maximum Gasteiger partial charge on any atom is 0.258 e. The Labute approximate surface area is 153 Å². The molecule has 0 aliphatic carbocycles. The molecule has 5 heteroatoms. The van der Waals surface area contributed by atoms with Crippen molar-refractivity contribution >= 4 is 5.91 Å². The van der Waals surface area contributed by atoms with E-state index in [1.807, 2.05) is 42.2 Å². The van der Waals surface area contributed by atoms with Crippen LogP contribution in [0.25, 0.3) is 11.3 Å². The Kier molecular flexibility index (Phi) is 4.29. The second-order valence-corrected chi connectivity index (χ2v) is 6.59. The molecule has 3 aromatic rings. The van der Waals surface area contributed by atoms with Crippen LogP contribution < -0.4 is 0 Å². The van der Waals surface area contributed by atoms with Gasteiger partial charge < -0.3 is 9.47 Å². The molecule has 3 heterocycles. The minimum Gasteiger partial charge on any atom is -0.348 e. The van der Waals surface area contributed by atoms with Crippen molar-refractivity contribution in [2.24, 2.45) is 0 Å². The van der Waals surface area contributed by atoms with E-state index < -0.39 is 0 Å². The van der Waals surface area contributed by atoms with Crippen molar-refractivity contribution in [2.75, 3.05) is 6.54 Å². The Morgan fingerprint density at radius 3 is 2.73 bits per heavy atom. The molecule has 0 saturated carbocycles. The van der Waals surface area contributed by atoms with Gasteiger partial charge in [0.05, 0.1) is 17.3 Å². The summed E-state index contributed by atoms with van der Waals surface area (Å²) >= 11 is 0. The number of benzene rings is 1. The third-order valence-electron chi connectivity index (χ3n) is 5.00. The average molecular weight is 346 g/mol. The second kappa shape index (κ2) is 6.75. The molecular weight excluding hydrogens is 324 g/mol. The summed E-state index contributed by atoms with van der Waals surface area (Å²) in [5.74, 6) is 0.670. The van der Waals surface area contributed by atoms with E-state index in [4.69, 9.17) is 0 Å². The van der Waals surface area contributed by atoms with E-state index in [0.717, 1.165) is 18.5 Å². The van der Waals surface area contributed by atoms with Crippen molar-refractivity contribution in [2.45, 2.75) is 32.9 Å². The van der Waals surface area contributed by atoms with Gasteiger partial charge in [0.25, 0.3) is 5.91 Å². The van der Waals surface area contributed by atoms with Crippen LogP contribution in [0.5, 0.6) is 0 Å². The predicted octanol–water partition coefficient (Wildman–Crippen LogP) is 3.86. The molecule has 0 bridgehead atoms. The van der Waals surface area contributed by atoms with Gasteiger partial charge in [-0.15, -0.1) is 0 Å². The monoisotopic (exact) mass is 346 g/mol. The lowest BCUT2D eigenvalue weighted by Crippen LogP contribution is -2.42. The lowest BCUT2D eigenvalue weighted by Gasteiger charge is -2.36. The standard InChI is InChI=1S/C21H22N4O/c1-3-18-19-10-7-11-24(19)12-13-25(18)21(26)17-14-22-15(2)23-20(17)16-8-5-4-6-9-16/h4-11,14,18H,3,12-13H2,1-2H3/t18-/m0/s1. The molecule has 132 valence electrons. The highest BCUT2D eigenvalue weighted by Gasteiger charge is 2.31. The van der Waals surface area contributed by atoms with Crippen molar-refractivity contribution in [3.63, 3.8) is 0 Å². The van der Waals surface area contributed by atoms with Crippen LogP contribution in [-0.2, 0) is 6.54 Å². The average Bonchev–Trinajstić information content (AvgIpc) is 3.16. The first-order valence-corrected chi connectivity index (χ1v) is 9.04. The number of aryl methyl sites for hydroxylation is 1. The molecule has 0 radical (unpaired) electrons. The molecule has 1 aromatic carbocycles. The molecule has 1 atom stereocenters. The van der Waals surface area contributed by atoms with Crippen molar-refractivity contribution in [1.82, 2.24) is 19.4 Å². The van der Waals surface area contributed by atoms with Gasteiger partial charge in [0.15, 0.2) is 0 Å². The number of hydrogen-bond acceptors (Lipinski definition) is 3. The SMILES string of the molecule is CC[C@H]1c2cccn2CCN1C(=O)c1cnc(C)nc1-c1ccccc1. The summed E-state index contributed by atoms with van der Waals surface area (Å²) < 4.78 is 2.24. The highest BCUT2D eigenvalue weighted by atomic mass is 16.2. The van der Waals surface area contributed by atoms with Gasteiger partial charge in [-0.25, -0.2) is 9.97 Å². The highest BCUT2D eigenvalue weighted by molar-refractivity contribution is 5.99. The number of rotatable bonds is 3. The summed E-state index contributed by atoms with van der Waals surface area (Å²) in [5, 5.41) is 0. The molecule has 4 rings (SSSR count). The van der Waals surface area contributed by atoms with Gasteiger partial charge in [0.1, 0.15) is 5.82 Å². The van der Waals surface area contributed by atoms with E-state index in [-0.39, 0.29) is 11.9 Å². The molecule has 0 fully saturated rings. The van der Waals surface area contributed by atoms with Crippen LogP contribution in [0.3, 0.4) is 0 Å². The van der Waals surface area contributed by atoms with E-state index in [1.165, 1.54) is 5.69 Å². The number of amides is 1. The Morgan fingerprint density at radius 1 is 1.15 bits per heavy atom. The number of carbonyl (C=O) groups is 1. The fourth-order valence-electron chi connectivity index (χ4n) is 3.73. The summed E-state index contributed by atoms with van der Waals surface area (Å²) in [6.07, 6.45) is 4.64. The summed E-state index contributed by atoms with van der Waals surface area (Å²) in [6.45, 7) is 5.49. The molecule has 5 nitrogen and oxygen atoms in total. The van der Waals surface area contributed by atoms with Crippen molar-refractivity contribution < 1.29 is 4.79 Å². The van der Waals surface area contributed by atoms with Gasteiger partial charge in [-0.05, 0) is 25.5 Å². The van der Waals surface area contributed by atoms with E-state index in [9.17, 15) is 4.79 Å². The predicted molar refractivity (Wildman–Crippen MR) is 101 cm³/mol. The zero-order valence-corrected chi connectivity index (χ0v) is 15.1. The first kappa shape index (κ1) is 16.5. The fourth-order valence-corrected chi connectivity index (χ4v) is 3.73. The van der Waals surface area contributed by atoms with Gasteiger partial charge >= 0.3 is 0 Å². The zero-order chi connectivity index (χ0) is 18.1.